The molecule has 3 atom stereocenters. The Morgan fingerprint density at radius 1 is 1.19 bits per heavy atom. The monoisotopic (exact) mass is 351 g/mol. The van der Waals surface area contributed by atoms with Crippen molar-refractivity contribution in [1.29, 1.82) is 0 Å². The number of rotatable bonds is 6. The van der Waals surface area contributed by atoms with E-state index < -0.39 is 0 Å². The number of carbonyl (C=O) groups is 1. The van der Waals surface area contributed by atoms with E-state index in [-0.39, 0.29) is 29.5 Å². The molecule has 2 aromatic rings. The van der Waals surface area contributed by atoms with Gasteiger partial charge in [-0.1, -0.05) is 42.5 Å². The van der Waals surface area contributed by atoms with E-state index in [9.17, 15) is 9.59 Å². The van der Waals surface area contributed by atoms with Gasteiger partial charge in [0, 0.05) is 12.6 Å². The van der Waals surface area contributed by atoms with Crippen LogP contribution in [0.1, 0.15) is 29.0 Å². The second-order valence-corrected chi connectivity index (χ2v) is 7.00. The third kappa shape index (κ3) is 3.57. The smallest absolute Gasteiger partial charge is 0.287 e. The van der Waals surface area contributed by atoms with E-state index in [1.807, 2.05) is 30.3 Å². The molecule has 1 amide bonds. The van der Waals surface area contributed by atoms with Gasteiger partial charge in [-0.3, -0.25) is 9.59 Å². The summed E-state index contributed by atoms with van der Waals surface area (Å²) in [5.41, 5.74) is 0.591. The van der Waals surface area contributed by atoms with Crippen molar-refractivity contribution in [3.8, 4) is 5.75 Å². The Hall–Kier alpha value is -2.82. The summed E-state index contributed by atoms with van der Waals surface area (Å²) in [5.74, 6) is 1.48. The predicted octanol–water partition coefficient (Wildman–Crippen LogP) is 3.16. The van der Waals surface area contributed by atoms with Crippen molar-refractivity contribution in [2.75, 3.05) is 6.54 Å². The molecule has 0 unspecified atom stereocenters. The Kier molecular flexibility index (Phi) is 4.61. The predicted molar refractivity (Wildman–Crippen MR) is 96.9 cm³/mol. The molecule has 1 heterocycles. The number of allylic oxidation sites excluding steroid dienone is 2. The van der Waals surface area contributed by atoms with Crippen LogP contribution in [0.15, 0.2) is 64.0 Å². The van der Waals surface area contributed by atoms with Gasteiger partial charge in [-0.15, -0.1) is 0 Å². The van der Waals surface area contributed by atoms with Gasteiger partial charge in [0.25, 0.3) is 5.91 Å². The van der Waals surface area contributed by atoms with Gasteiger partial charge in [0.15, 0.2) is 5.76 Å². The molecule has 2 aliphatic rings. The molecule has 2 aliphatic carbocycles. The topological polar surface area (TPSA) is 68.5 Å². The maximum absolute atomic E-state index is 12.2. The Morgan fingerprint density at radius 2 is 2.04 bits per heavy atom. The van der Waals surface area contributed by atoms with Crippen molar-refractivity contribution >= 4 is 5.91 Å². The summed E-state index contributed by atoms with van der Waals surface area (Å²) >= 11 is 0. The molecule has 5 heteroatoms. The molecule has 134 valence electrons. The van der Waals surface area contributed by atoms with Crippen LogP contribution < -0.4 is 15.5 Å². The highest BCUT2D eigenvalue weighted by molar-refractivity contribution is 5.91. The number of fused-ring (bicyclic) bond motifs is 2. The molecule has 0 aliphatic heterocycles. The van der Waals surface area contributed by atoms with Crippen LogP contribution in [-0.4, -0.2) is 12.5 Å². The highest BCUT2D eigenvalue weighted by Crippen LogP contribution is 2.42. The number of carbonyl (C=O) groups excluding carboxylic acids is 1. The SMILES string of the molecule is O=C(NC[C@@H]1C[C@@H]2C=C[C@H]1C2)c1cc(=O)c(OCc2ccccc2)co1. The Balaban J connectivity index is 1.34. The van der Waals surface area contributed by atoms with Crippen LogP contribution in [-0.2, 0) is 6.61 Å². The minimum Gasteiger partial charge on any atom is -0.482 e. The number of amides is 1. The van der Waals surface area contributed by atoms with Crippen LogP contribution in [0.25, 0.3) is 0 Å². The normalized spacial score (nSPS) is 23.2. The number of ether oxygens (including phenoxy) is 1. The average molecular weight is 351 g/mol. The number of hydrogen-bond donors (Lipinski definition) is 1. The number of benzene rings is 1. The molecule has 1 saturated carbocycles. The number of nitrogens with one attached hydrogen (secondary N) is 1. The van der Waals surface area contributed by atoms with Gasteiger partial charge in [0.2, 0.25) is 11.2 Å². The summed E-state index contributed by atoms with van der Waals surface area (Å²) in [6.45, 7) is 0.884. The molecule has 1 fully saturated rings. The molecule has 26 heavy (non-hydrogen) atoms. The van der Waals surface area contributed by atoms with E-state index >= 15 is 0 Å². The summed E-state index contributed by atoms with van der Waals surface area (Å²) in [6, 6.07) is 10.7. The summed E-state index contributed by atoms with van der Waals surface area (Å²) < 4.78 is 10.8. The zero-order valence-electron chi connectivity index (χ0n) is 14.4. The second kappa shape index (κ2) is 7.20. The van der Waals surface area contributed by atoms with Gasteiger partial charge < -0.3 is 14.5 Å². The van der Waals surface area contributed by atoms with Crippen LogP contribution in [0.3, 0.4) is 0 Å². The summed E-state index contributed by atoms with van der Waals surface area (Å²) in [5, 5.41) is 2.88. The Labute approximate surface area is 151 Å². The fourth-order valence-corrected chi connectivity index (χ4v) is 3.80. The molecule has 5 nitrogen and oxygen atoms in total. The third-order valence-corrected chi connectivity index (χ3v) is 5.20. The van der Waals surface area contributed by atoms with Crippen molar-refractivity contribution in [3.63, 3.8) is 0 Å². The summed E-state index contributed by atoms with van der Waals surface area (Å²) in [4.78, 5) is 24.4. The lowest BCUT2D eigenvalue weighted by Crippen LogP contribution is -2.31. The first-order valence-corrected chi connectivity index (χ1v) is 8.95. The fourth-order valence-electron chi connectivity index (χ4n) is 3.80. The lowest BCUT2D eigenvalue weighted by Gasteiger charge is -2.18. The van der Waals surface area contributed by atoms with Crippen LogP contribution in [0.2, 0.25) is 0 Å². The summed E-state index contributed by atoms with van der Waals surface area (Å²) in [7, 11) is 0. The highest BCUT2D eigenvalue weighted by Gasteiger charge is 2.35. The molecule has 1 N–H and O–H groups in total. The van der Waals surface area contributed by atoms with Gasteiger partial charge >= 0.3 is 0 Å². The lowest BCUT2D eigenvalue weighted by molar-refractivity contribution is 0.0913. The van der Waals surface area contributed by atoms with Gasteiger partial charge in [-0.25, -0.2) is 0 Å². The Morgan fingerprint density at radius 3 is 2.73 bits per heavy atom. The van der Waals surface area contributed by atoms with Crippen LogP contribution in [0.4, 0.5) is 0 Å². The Bertz CT molecular complexity index is 871. The molecule has 4 rings (SSSR count). The fraction of sp³-hybridized carbons (Fsp3) is 0.333. The van der Waals surface area contributed by atoms with Gasteiger partial charge in [0.05, 0.1) is 0 Å². The van der Waals surface area contributed by atoms with Crippen molar-refractivity contribution in [3.05, 3.63) is 76.4 Å². The van der Waals surface area contributed by atoms with Gasteiger partial charge in [-0.2, -0.15) is 0 Å². The molecule has 0 spiro atoms. The van der Waals surface area contributed by atoms with Crippen molar-refractivity contribution in [2.24, 2.45) is 17.8 Å². The molecule has 2 bridgehead atoms. The quantitative estimate of drug-likeness (QED) is 0.812. The maximum Gasteiger partial charge on any atom is 0.287 e. The van der Waals surface area contributed by atoms with E-state index in [1.54, 1.807) is 0 Å². The van der Waals surface area contributed by atoms with E-state index in [4.69, 9.17) is 9.15 Å². The van der Waals surface area contributed by atoms with E-state index in [2.05, 4.69) is 17.5 Å². The van der Waals surface area contributed by atoms with Crippen LogP contribution in [0.5, 0.6) is 5.75 Å². The van der Waals surface area contributed by atoms with E-state index in [0.29, 0.717) is 24.3 Å². The number of hydrogen-bond acceptors (Lipinski definition) is 4. The van der Waals surface area contributed by atoms with Crippen molar-refractivity contribution in [2.45, 2.75) is 19.4 Å². The van der Waals surface area contributed by atoms with Crippen LogP contribution >= 0.6 is 0 Å². The standard InChI is InChI=1S/C21H21NO4/c23-18-10-19(21(24)22-11-17-9-15-6-7-16(17)8-15)26-13-20(18)25-12-14-4-2-1-3-5-14/h1-7,10,13,15-17H,8-9,11-12H2,(H,22,24)/t15-,16+,17+/m1/s1. The van der Waals surface area contributed by atoms with Gasteiger partial charge in [0.1, 0.15) is 12.9 Å². The van der Waals surface area contributed by atoms with Crippen molar-refractivity contribution < 1.29 is 13.9 Å². The zero-order valence-corrected chi connectivity index (χ0v) is 14.4. The first kappa shape index (κ1) is 16.6. The largest absolute Gasteiger partial charge is 0.482 e. The second-order valence-electron chi connectivity index (χ2n) is 7.00. The highest BCUT2D eigenvalue weighted by atomic mass is 16.5. The first-order valence-electron chi connectivity index (χ1n) is 8.95. The zero-order chi connectivity index (χ0) is 17.9. The molecular formula is C21H21NO4. The first-order chi connectivity index (χ1) is 12.7. The average Bonchev–Trinajstić information content (AvgIpc) is 3.29. The molecule has 0 saturated heterocycles. The van der Waals surface area contributed by atoms with E-state index in [0.717, 1.165) is 12.0 Å². The molecule has 1 aromatic heterocycles. The molecular weight excluding hydrogens is 330 g/mol. The van der Waals surface area contributed by atoms with Gasteiger partial charge in [-0.05, 0) is 36.2 Å². The maximum atomic E-state index is 12.2. The molecule has 1 aromatic carbocycles. The third-order valence-electron chi connectivity index (χ3n) is 5.20. The van der Waals surface area contributed by atoms with Crippen molar-refractivity contribution in [1.82, 2.24) is 5.32 Å². The lowest BCUT2D eigenvalue weighted by atomic mass is 9.93. The van der Waals surface area contributed by atoms with E-state index in [1.165, 1.54) is 18.8 Å². The summed E-state index contributed by atoms with van der Waals surface area (Å²) in [6.07, 6.45) is 8.06. The van der Waals surface area contributed by atoms with Crippen LogP contribution in [0, 0.1) is 17.8 Å². The molecule has 0 radical (unpaired) electrons. The minimum absolute atomic E-state index is 0.0146. The minimum atomic E-state index is -0.361.